The summed E-state index contributed by atoms with van der Waals surface area (Å²) in [5.74, 6) is 0.442. The minimum atomic E-state index is -0.444. The summed E-state index contributed by atoms with van der Waals surface area (Å²) in [4.78, 5) is 17.6. The van der Waals surface area contributed by atoms with Gasteiger partial charge in [-0.1, -0.05) is 12.8 Å². The minimum Gasteiger partial charge on any atom is -0.366 e. The van der Waals surface area contributed by atoms with Crippen molar-refractivity contribution in [1.82, 2.24) is 4.98 Å². The first kappa shape index (κ1) is 12.8. The van der Waals surface area contributed by atoms with E-state index in [1.54, 1.807) is 6.07 Å². The van der Waals surface area contributed by atoms with Crippen LogP contribution in [0.3, 0.4) is 0 Å². The third-order valence-electron chi connectivity index (χ3n) is 3.46. The Bertz CT molecular complexity index is 398. The van der Waals surface area contributed by atoms with Gasteiger partial charge in [0.25, 0.3) is 0 Å². The summed E-state index contributed by atoms with van der Waals surface area (Å²) in [6, 6.07) is 4.11. The Morgan fingerprint density at radius 3 is 2.61 bits per heavy atom. The maximum absolute atomic E-state index is 11.0. The largest absolute Gasteiger partial charge is 0.366 e. The number of amides is 1. The van der Waals surface area contributed by atoms with Gasteiger partial charge in [0.1, 0.15) is 5.82 Å². The number of rotatable bonds is 5. The second-order valence-electron chi connectivity index (χ2n) is 4.69. The number of aromatic nitrogens is 1. The van der Waals surface area contributed by atoms with Crippen LogP contribution in [0.15, 0.2) is 18.3 Å². The van der Waals surface area contributed by atoms with Crippen LogP contribution in [0.4, 0.5) is 5.82 Å². The van der Waals surface area contributed by atoms with Gasteiger partial charge in [0.05, 0.1) is 5.56 Å². The molecule has 1 aliphatic carbocycles. The number of carbonyl (C=O) groups is 1. The lowest BCUT2D eigenvalue weighted by atomic mass is 10.2. The van der Waals surface area contributed by atoms with E-state index in [0.717, 1.165) is 12.4 Å². The van der Waals surface area contributed by atoms with E-state index in [4.69, 9.17) is 11.5 Å². The lowest BCUT2D eigenvalue weighted by Gasteiger charge is -2.29. The van der Waals surface area contributed by atoms with Crippen LogP contribution in [0.2, 0.25) is 0 Å². The number of carbonyl (C=O) groups excluding carboxylic acids is 1. The van der Waals surface area contributed by atoms with Crippen molar-refractivity contribution in [3.8, 4) is 0 Å². The van der Waals surface area contributed by atoms with Crippen molar-refractivity contribution in [1.29, 1.82) is 0 Å². The van der Waals surface area contributed by atoms with Crippen LogP contribution in [0, 0.1) is 0 Å². The topological polar surface area (TPSA) is 85.2 Å². The van der Waals surface area contributed by atoms with Crippen molar-refractivity contribution >= 4 is 11.7 Å². The third-order valence-corrected chi connectivity index (χ3v) is 3.46. The van der Waals surface area contributed by atoms with Crippen LogP contribution in [0.1, 0.15) is 36.0 Å². The van der Waals surface area contributed by atoms with Gasteiger partial charge >= 0.3 is 0 Å². The molecule has 5 heteroatoms. The second kappa shape index (κ2) is 5.82. The molecule has 0 atom stereocenters. The molecule has 1 aliphatic rings. The van der Waals surface area contributed by atoms with Crippen LogP contribution in [-0.2, 0) is 0 Å². The van der Waals surface area contributed by atoms with E-state index in [9.17, 15) is 4.79 Å². The molecule has 0 aliphatic heterocycles. The second-order valence-corrected chi connectivity index (χ2v) is 4.69. The summed E-state index contributed by atoms with van der Waals surface area (Å²) in [6.45, 7) is 1.41. The molecular formula is C13H20N4O. The van der Waals surface area contributed by atoms with Crippen LogP contribution in [0.25, 0.3) is 0 Å². The minimum absolute atomic E-state index is 0.442. The highest BCUT2D eigenvalue weighted by molar-refractivity contribution is 5.92. The lowest BCUT2D eigenvalue weighted by Crippen LogP contribution is -2.38. The summed E-state index contributed by atoms with van der Waals surface area (Å²) in [5.41, 5.74) is 11.3. The number of anilines is 1. The molecule has 4 N–H and O–H groups in total. The first-order chi connectivity index (χ1) is 8.72. The molecule has 0 bridgehead atoms. The number of hydrogen-bond acceptors (Lipinski definition) is 4. The van der Waals surface area contributed by atoms with E-state index in [1.807, 2.05) is 6.07 Å². The third kappa shape index (κ3) is 2.79. The van der Waals surface area contributed by atoms with Gasteiger partial charge in [-0.3, -0.25) is 4.79 Å². The van der Waals surface area contributed by atoms with Gasteiger partial charge in [-0.05, 0) is 25.0 Å². The average Bonchev–Trinajstić information content (AvgIpc) is 2.90. The van der Waals surface area contributed by atoms with Gasteiger partial charge in [0.2, 0.25) is 5.91 Å². The molecule has 2 rings (SSSR count). The zero-order valence-electron chi connectivity index (χ0n) is 10.5. The maximum atomic E-state index is 11.0. The van der Waals surface area contributed by atoms with E-state index < -0.39 is 5.91 Å². The summed E-state index contributed by atoms with van der Waals surface area (Å²) in [5, 5.41) is 0. The summed E-state index contributed by atoms with van der Waals surface area (Å²) >= 11 is 0. The number of nitrogens with zero attached hydrogens (tertiary/aromatic N) is 2. The smallest absolute Gasteiger partial charge is 0.250 e. The molecule has 1 aromatic rings. The molecule has 5 nitrogen and oxygen atoms in total. The zero-order chi connectivity index (χ0) is 13.0. The normalized spacial score (nSPS) is 15.8. The molecule has 0 unspecified atom stereocenters. The Labute approximate surface area is 107 Å². The Morgan fingerprint density at radius 1 is 1.39 bits per heavy atom. The average molecular weight is 248 g/mol. The van der Waals surface area contributed by atoms with Gasteiger partial charge in [0.15, 0.2) is 0 Å². The molecule has 1 heterocycles. The maximum Gasteiger partial charge on any atom is 0.250 e. The molecule has 1 aromatic heterocycles. The molecule has 98 valence electrons. The summed E-state index contributed by atoms with van der Waals surface area (Å²) in [7, 11) is 0. The van der Waals surface area contributed by atoms with Gasteiger partial charge < -0.3 is 16.4 Å². The highest BCUT2D eigenvalue weighted by atomic mass is 16.1. The summed E-state index contributed by atoms with van der Waals surface area (Å²) in [6.07, 6.45) is 6.46. The Balaban J connectivity index is 2.16. The molecule has 1 saturated carbocycles. The number of primary amides is 1. The Morgan fingerprint density at radius 2 is 2.11 bits per heavy atom. The highest BCUT2D eigenvalue weighted by Gasteiger charge is 2.23. The van der Waals surface area contributed by atoms with E-state index >= 15 is 0 Å². The van der Waals surface area contributed by atoms with Crippen molar-refractivity contribution in [3.05, 3.63) is 23.9 Å². The molecule has 0 saturated heterocycles. The van der Waals surface area contributed by atoms with Gasteiger partial charge in [-0.2, -0.15) is 0 Å². The predicted octanol–water partition coefficient (Wildman–Crippen LogP) is 0.888. The fourth-order valence-electron chi connectivity index (χ4n) is 2.54. The Kier molecular flexibility index (Phi) is 4.15. The van der Waals surface area contributed by atoms with E-state index in [-0.39, 0.29) is 0 Å². The molecular weight excluding hydrogens is 228 g/mol. The van der Waals surface area contributed by atoms with Crippen LogP contribution < -0.4 is 16.4 Å². The first-order valence-electron chi connectivity index (χ1n) is 6.45. The van der Waals surface area contributed by atoms with Crippen molar-refractivity contribution in [2.45, 2.75) is 31.7 Å². The van der Waals surface area contributed by atoms with Crippen molar-refractivity contribution < 1.29 is 4.79 Å². The van der Waals surface area contributed by atoms with E-state index in [2.05, 4.69) is 9.88 Å². The SMILES string of the molecule is NCCN(c1ccc(C(N)=O)cn1)C1CCCC1. The van der Waals surface area contributed by atoms with E-state index in [1.165, 1.54) is 31.9 Å². The van der Waals surface area contributed by atoms with Gasteiger partial charge in [-0.25, -0.2) is 4.98 Å². The van der Waals surface area contributed by atoms with Crippen molar-refractivity contribution in [3.63, 3.8) is 0 Å². The summed E-state index contributed by atoms with van der Waals surface area (Å²) < 4.78 is 0. The van der Waals surface area contributed by atoms with Gasteiger partial charge in [0, 0.05) is 25.3 Å². The van der Waals surface area contributed by atoms with Crippen LogP contribution in [-0.4, -0.2) is 30.0 Å². The number of hydrogen-bond donors (Lipinski definition) is 2. The number of pyridine rings is 1. The first-order valence-corrected chi connectivity index (χ1v) is 6.45. The molecule has 0 aromatic carbocycles. The molecule has 18 heavy (non-hydrogen) atoms. The Hall–Kier alpha value is -1.62. The molecule has 1 fully saturated rings. The zero-order valence-corrected chi connectivity index (χ0v) is 10.5. The van der Waals surface area contributed by atoms with Crippen LogP contribution in [0.5, 0.6) is 0 Å². The fraction of sp³-hybridized carbons (Fsp3) is 0.538. The van der Waals surface area contributed by atoms with Gasteiger partial charge in [-0.15, -0.1) is 0 Å². The lowest BCUT2D eigenvalue weighted by molar-refractivity contribution is 0.1000. The monoisotopic (exact) mass is 248 g/mol. The number of nitrogens with two attached hydrogens (primary N) is 2. The standard InChI is InChI=1S/C13H20N4O/c14-7-8-17(11-3-1-2-4-11)12-6-5-10(9-16-12)13(15)18/h5-6,9,11H,1-4,7-8,14H2,(H2,15,18). The highest BCUT2D eigenvalue weighted by Crippen LogP contribution is 2.26. The van der Waals surface area contributed by atoms with Crippen molar-refractivity contribution in [2.75, 3.05) is 18.0 Å². The van der Waals surface area contributed by atoms with Crippen LogP contribution >= 0.6 is 0 Å². The molecule has 0 spiro atoms. The molecule has 0 radical (unpaired) electrons. The van der Waals surface area contributed by atoms with Crippen molar-refractivity contribution in [2.24, 2.45) is 11.5 Å². The molecule has 1 amide bonds. The quantitative estimate of drug-likeness (QED) is 0.810. The fourth-order valence-corrected chi connectivity index (χ4v) is 2.54. The van der Waals surface area contributed by atoms with E-state index in [0.29, 0.717) is 18.2 Å². The predicted molar refractivity (Wildman–Crippen MR) is 71.4 cm³/mol.